The van der Waals surface area contributed by atoms with Gasteiger partial charge in [-0.2, -0.15) is 0 Å². The van der Waals surface area contributed by atoms with Crippen molar-refractivity contribution in [3.8, 4) is 0 Å². The summed E-state index contributed by atoms with van der Waals surface area (Å²) in [5, 5.41) is 3.12. The summed E-state index contributed by atoms with van der Waals surface area (Å²) < 4.78 is 5.04. The lowest BCUT2D eigenvalue weighted by Gasteiger charge is -2.34. The van der Waals surface area contributed by atoms with Gasteiger partial charge in [-0.05, 0) is 33.1 Å². The Morgan fingerprint density at radius 1 is 1.27 bits per heavy atom. The lowest BCUT2D eigenvalue weighted by atomic mass is 9.95. The summed E-state index contributed by atoms with van der Waals surface area (Å²) in [5.74, 6) is -0.265. The minimum atomic E-state index is -0.428. The number of nitrogens with zero attached hydrogens (tertiary/aromatic N) is 1. The SMILES string of the molecule is CCOC(=O)C1CCN(c2c(N[C@@H](C)CC)c(=O)c2=O)CC1. The lowest BCUT2D eigenvalue weighted by Crippen LogP contribution is -2.47. The van der Waals surface area contributed by atoms with Crippen LogP contribution in [-0.2, 0) is 9.53 Å². The fraction of sp³-hybridized carbons (Fsp3) is 0.688. The summed E-state index contributed by atoms with van der Waals surface area (Å²) >= 11 is 0. The first kappa shape index (κ1) is 16.5. The summed E-state index contributed by atoms with van der Waals surface area (Å²) in [7, 11) is 0. The number of rotatable bonds is 6. The van der Waals surface area contributed by atoms with E-state index in [0.29, 0.717) is 43.9 Å². The van der Waals surface area contributed by atoms with E-state index in [9.17, 15) is 14.4 Å². The van der Waals surface area contributed by atoms with Gasteiger partial charge >= 0.3 is 5.97 Å². The van der Waals surface area contributed by atoms with Gasteiger partial charge in [0, 0.05) is 19.1 Å². The molecule has 22 heavy (non-hydrogen) atoms. The zero-order valence-corrected chi connectivity index (χ0v) is 13.5. The Morgan fingerprint density at radius 2 is 1.91 bits per heavy atom. The molecule has 2 rings (SSSR count). The first-order valence-electron chi connectivity index (χ1n) is 8.00. The molecule has 1 aromatic carbocycles. The van der Waals surface area contributed by atoms with Crippen molar-refractivity contribution >= 4 is 17.3 Å². The molecular formula is C16H24N2O4. The summed E-state index contributed by atoms with van der Waals surface area (Å²) in [6, 6.07) is 0.152. The summed E-state index contributed by atoms with van der Waals surface area (Å²) in [6.07, 6.45) is 2.18. The maximum atomic E-state index is 11.9. The summed E-state index contributed by atoms with van der Waals surface area (Å²) in [6.45, 7) is 7.39. The van der Waals surface area contributed by atoms with Gasteiger partial charge in [-0.15, -0.1) is 0 Å². The molecule has 0 aliphatic carbocycles. The fourth-order valence-electron chi connectivity index (χ4n) is 2.76. The van der Waals surface area contributed by atoms with Gasteiger partial charge in [-0.1, -0.05) is 6.92 Å². The highest BCUT2D eigenvalue weighted by Gasteiger charge is 2.32. The second-order valence-corrected chi connectivity index (χ2v) is 5.85. The zero-order valence-electron chi connectivity index (χ0n) is 13.5. The van der Waals surface area contributed by atoms with Crippen molar-refractivity contribution in [2.75, 3.05) is 29.9 Å². The molecule has 0 saturated carbocycles. The standard InChI is InChI=1S/C16H24N2O4/c1-4-10(3)17-12-13(15(20)14(12)19)18-8-6-11(7-9-18)16(21)22-5-2/h10-11,17H,4-9H2,1-3H3/t10-/m0/s1. The largest absolute Gasteiger partial charge is 0.466 e. The molecule has 1 aromatic rings. The number of esters is 1. The number of hydrogen-bond acceptors (Lipinski definition) is 6. The number of anilines is 2. The Bertz CT molecular complexity index is 596. The van der Waals surface area contributed by atoms with Gasteiger partial charge in [0.1, 0.15) is 11.4 Å². The van der Waals surface area contributed by atoms with E-state index in [4.69, 9.17) is 4.74 Å². The molecule has 0 radical (unpaired) electrons. The van der Waals surface area contributed by atoms with Crippen molar-refractivity contribution in [2.24, 2.45) is 5.92 Å². The van der Waals surface area contributed by atoms with Gasteiger partial charge < -0.3 is 15.0 Å². The van der Waals surface area contributed by atoms with Crippen LogP contribution in [-0.4, -0.2) is 31.7 Å². The molecule has 1 aliphatic rings. The molecule has 0 spiro atoms. The number of nitrogens with one attached hydrogen (secondary N) is 1. The number of carbonyl (C=O) groups excluding carboxylic acids is 1. The molecule has 1 atom stereocenters. The monoisotopic (exact) mass is 308 g/mol. The third-order valence-electron chi connectivity index (χ3n) is 4.32. The van der Waals surface area contributed by atoms with E-state index in [1.807, 2.05) is 18.7 Å². The first-order chi connectivity index (χ1) is 10.5. The Hall–Kier alpha value is -1.85. The Morgan fingerprint density at radius 3 is 2.45 bits per heavy atom. The molecule has 6 nitrogen and oxygen atoms in total. The van der Waals surface area contributed by atoms with Gasteiger partial charge in [0.2, 0.25) is 0 Å². The van der Waals surface area contributed by atoms with Crippen LogP contribution in [0.2, 0.25) is 0 Å². The second kappa shape index (κ2) is 6.94. The fourth-order valence-corrected chi connectivity index (χ4v) is 2.76. The molecule has 1 N–H and O–H groups in total. The van der Waals surface area contributed by atoms with Crippen molar-refractivity contribution in [1.29, 1.82) is 0 Å². The van der Waals surface area contributed by atoms with E-state index in [2.05, 4.69) is 5.32 Å². The minimum absolute atomic E-state index is 0.103. The van der Waals surface area contributed by atoms with Crippen LogP contribution in [0, 0.1) is 5.92 Å². The first-order valence-corrected chi connectivity index (χ1v) is 8.00. The zero-order chi connectivity index (χ0) is 16.3. The molecule has 0 unspecified atom stereocenters. The van der Waals surface area contributed by atoms with E-state index < -0.39 is 10.9 Å². The Kier molecular flexibility index (Phi) is 5.21. The van der Waals surface area contributed by atoms with Crippen molar-refractivity contribution in [1.82, 2.24) is 0 Å². The van der Waals surface area contributed by atoms with E-state index >= 15 is 0 Å². The topological polar surface area (TPSA) is 75.7 Å². The van der Waals surface area contributed by atoms with Crippen molar-refractivity contribution < 1.29 is 9.53 Å². The molecule has 1 fully saturated rings. The highest BCUT2D eigenvalue weighted by Crippen LogP contribution is 2.27. The van der Waals surface area contributed by atoms with Gasteiger partial charge in [-0.25, -0.2) is 0 Å². The van der Waals surface area contributed by atoms with Crippen LogP contribution in [0.25, 0.3) is 0 Å². The smallest absolute Gasteiger partial charge is 0.309 e. The molecule has 1 aliphatic heterocycles. The predicted octanol–water partition coefficient (Wildman–Crippen LogP) is 1.27. The number of piperidine rings is 1. The van der Waals surface area contributed by atoms with Crippen LogP contribution in [0.15, 0.2) is 9.59 Å². The lowest BCUT2D eigenvalue weighted by molar-refractivity contribution is -0.148. The third kappa shape index (κ3) is 3.15. The van der Waals surface area contributed by atoms with Crippen molar-refractivity contribution in [2.45, 2.75) is 46.1 Å². The van der Waals surface area contributed by atoms with Crippen LogP contribution in [0.1, 0.15) is 40.0 Å². The van der Waals surface area contributed by atoms with Gasteiger partial charge in [0.15, 0.2) is 0 Å². The minimum Gasteiger partial charge on any atom is -0.466 e. The molecule has 0 bridgehead atoms. The highest BCUT2D eigenvalue weighted by atomic mass is 16.5. The van der Waals surface area contributed by atoms with E-state index in [0.717, 1.165) is 6.42 Å². The number of hydrogen-bond donors (Lipinski definition) is 1. The predicted molar refractivity (Wildman–Crippen MR) is 86.3 cm³/mol. The average Bonchev–Trinajstić information content (AvgIpc) is 2.54. The number of ether oxygens (including phenoxy) is 1. The van der Waals surface area contributed by atoms with Crippen LogP contribution in [0.5, 0.6) is 0 Å². The molecule has 6 heteroatoms. The van der Waals surface area contributed by atoms with Crippen LogP contribution in [0.3, 0.4) is 0 Å². The maximum absolute atomic E-state index is 11.9. The van der Waals surface area contributed by atoms with Gasteiger partial charge in [0.05, 0.1) is 12.5 Å². The summed E-state index contributed by atoms with van der Waals surface area (Å²) in [4.78, 5) is 37.3. The Balaban J connectivity index is 2.03. The van der Waals surface area contributed by atoms with Gasteiger partial charge in [0.25, 0.3) is 10.9 Å². The average molecular weight is 308 g/mol. The molecule has 122 valence electrons. The van der Waals surface area contributed by atoms with E-state index in [1.54, 1.807) is 6.92 Å². The van der Waals surface area contributed by atoms with Crippen molar-refractivity contribution in [3.05, 3.63) is 20.4 Å². The van der Waals surface area contributed by atoms with Gasteiger partial charge in [-0.3, -0.25) is 14.4 Å². The van der Waals surface area contributed by atoms with Crippen molar-refractivity contribution in [3.63, 3.8) is 0 Å². The summed E-state index contributed by atoms with van der Waals surface area (Å²) in [5.41, 5.74) is 0.0877. The molecule has 1 saturated heterocycles. The molecule has 0 aromatic heterocycles. The molecular weight excluding hydrogens is 284 g/mol. The number of carbonyl (C=O) groups is 1. The third-order valence-corrected chi connectivity index (χ3v) is 4.32. The normalized spacial score (nSPS) is 17.5. The molecule has 0 amide bonds. The maximum Gasteiger partial charge on any atom is 0.309 e. The van der Waals surface area contributed by atoms with Crippen LogP contribution in [0.4, 0.5) is 11.4 Å². The molecule has 1 heterocycles. The quantitative estimate of drug-likeness (QED) is 0.630. The van der Waals surface area contributed by atoms with Crippen LogP contribution < -0.4 is 21.1 Å². The second-order valence-electron chi connectivity index (χ2n) is 5.85. The highest BCUT2D eigenvalue weighted by molar-refractivity contribution is 5.77. The van der Waals surface area contributed by atoms with Crippen LogP contribution >= 0.6 is 0 Å². The Labute approximate surface area is 130 Å². The van der Waals surface area contributed by atoms with E-state index in [-0.39, 0.29) is 17.9 Å². The van der Waals surface area contributed by atoms with E-state index in [1.165, 1.54) is 0 Å².